The van der Waals surface area contributed by atoms with E-state index in [4.69, 9.17) is 5.73 Å². The Kier molecular flexibility index (Phi) is 5.18. The summed E-state index contributed by atoms with van der Waals surface area (Å²) in [4.78, 5) is 13.2. The topological polar surface area (TPSA) is 81.5 Å². The first-order valence-electron chi connectivity index (χ1n) is 3.77. The Hall–Kier alpha value is -1.65. The smallest absolute Gasteiger partial charge is 0.315 e. The Labute approximate surface area is 76.8 Å². The lowest BCUT2D eigenvalue weighted by atomic mass is 10.3. The van der Waals surface area contributed by atoms with Gasteiger partial charge in [-0.25, -0.2) is 0 Å². The largest absolute Gasteiger partial charge is 0.358 e. The van der Waals surface area contributed by atoms with Gasteiger partial charge in [0.25, 0.3) is 0 Å². The highest BCUT2D eigenvalue weighted by Gasteiger charge is 1.94. The maximum atomic E-state index is 10.0. The van der Waals surface area contributed by atoms with Gasteiger partial charge < -0.3 is 10.1 Å². The summed E-state index contributed by atoms with van der Waals surface area (Å²) in [5, 5.41) is 10.0. The number of nitrogens with two attached hydrogens (primary N) is 1. The third-order valence-electron chi connectivity index (χ3n) is 1.17. The van der Waals surface area contributed by atoms with Crippen molar-refractivity contribution < 1.29 is 4.92 Å². The van der Waals surface area contributed by atoms with Crippen LogP contribution in [0.5, 0.6) is 0 Å². The van der Waals surface area contributed by atoms with E-state index < -0.39 is 10.7 Å². The number of hydrogen-bond donors (Lipinski definition) is 1. The van der Waals surface area contributed by atoms with Crippen molar-refractivity contribution in [2.24, 2.45) is 10.7 Å². The average molecular weight is 183 g/mol. The highest BCUT2D eigenvalue weighted by molar-refractivity contribution is 5.71. The van der Waals surface area contributed by atoms with Crippen LogP contribution in [-0.4, -0.2) is 17.7 Å². The van der Waals surface area contributed by atoms with Crippen LogP contribution in [0.3, 0.4) is 0 Å². The predicted octanol–water partition coefficient (Wildman–Crippen LogP) is 1.10. The summed E-state index contributed by atoms with van der Waals surface area (Å²) in [6.45, 7) is 4.43. The van der Waals surface area contributed by atoms with E-state index in [-0.39, 0.29) is 0 Å². The minimum Gasteiger partial charge on any atom is -0.358 e. The minimum atomic E-state index is -0.660. The molecule has 0 aliphatic rings. The molecule has 0 saturated carbocycles. The van der Waals surface area contributed by atoms with Crippen LogP contribution in [0, 0.1) is 10.1 Å². The highest BCUT2D eigenvalue weighted by Crippen LogP contribution is 1.87. The van der Waals surface area contributed by atoms with Crippen molar-refractivity contribution in [3.05, 3.63) is 33.7 Å². The van der Waals surface area contributed by atoms with Gasteiger partial charge in [-0.15, -0.1) is 0 Å². The van der Waals surface area contributed by atoms with E-state index in [0.29, 0.717) is 6.54 Å². The van der Waals surface area contributed by atoms with E-state index in [1.165, 1.54) is 12.3 Å². The average Bonchev–Trinajstić information content (AvgIpc) is 2.02. The summed E-state index contributed by atoms with van der Waals surface area (Å²) in [7, 11) is 0. The molecule has 0 unspecified atom stereocenters. The molecule has 13 heavy (non-hydrogen) atoms. The fourth-order valence-corrected chi connectivity index (χ4v) is 0.486. The van der Waals surface area contributed by atoms with Gasteiger partial charge in [-0.3, -0.25) is 10.7 Å². The van der Waals surface area contributed by atoms with Crippen molar-refractivity contribution in [2.75, 3.05) is 6.54 Å². The monoisotopic (exact) mass is 183 g/mol. The van der Waals surface area contributed by atoms with E-state index in [9.17, 15) is 10.1 Å². The number of aliphatic imine (C=N–C) groups is 1. The third kappa shape index (κ3) is 6.74. The van der Waals surface area contributed by atoms with Gasteiger partial charge in [-0.1, -0.05) is 11.6 Å². The van der Waals surface area contributed by atoms with E-state index in [2.05, 4.69) is 4.99 Å². The molecule has 0 spiro atoms. The highest BCUT2D eigenvalue weighted by atomic mass is 16.6. The molecule has 5 nitrogen and oxygen atoms in total. The maximum Gasteiger partial charge on any atom is 0.315 e. The molecule has 0 aliphatic carbocycles. The van der Waals surface area contributed by atoms with E-state index >= 15 is 0 Å². The van der Waals surface area contributed by atoms with Crippen molar-refractivity contribution in [3.8, 4) is 0 Å². The molecule has 0 saturated heterocycles. The molecule has 0 atom stereocenters. The standard InChI is InChI=1S/C8H13N3O2/c1-7(2)3-5-10-6-4-8(9)11(12)13/h3-4,6H,5,9H2,1-2H3/b8-4+,10-6?. The number of hydrogen-bond acceptors (Lipinski definition) is 4. The van der Waals surface area contributed by atoms with Gasteiger partial charge in [0.1, 0.15) is 0 Å². The van der Waals surface area contributed by atoms with Crippen molar-refractivity contribution in [1.82, 2.24) is 0 Å². The molecule has 0 amide bonds. The Morgan fingerprint density at radius 1 is 1.62 bits per heavy atom. The zero-order valence-electron chi connectivity index (χ0n) is 7.73. The fraction of sp³-hybridized carbons (Fsp3) is 0.375. The second kappa shape index (κ2) is 5.93. The second-order valence-corrected chi connectivity index (χ2v) is 2.64. The lowest BCUT2D eigenvalue weighted by Gasteiger charge is -1.89. The SMILES string of the molecule is CC(C)=CCN=C/C=C(\N)[N+](=O)[O-]. The van der Waals surface area contributed by atoms with Crippen LogP contribution in [-0.2, 0) is 0 Å². The first-order chi connectivity index (χ1) is 6.04. The van der Waals surface area contributed by atoms with Crippen LogP contribution in [0.25, 0.3) is 0 Å². The van der Waals surface area contributed by atoms with Gasteiger partial charge >= 0.3 is 5.82 Å². The van der Waals surface area contributed by atoms with Crippen molar-refractivity contribution in [2.45, 2.75) is 13.8 Å². The number of nitrogens with zero attached hydrogens (tertiary/aromatic N) is 2. The molecule has 0 radical (unpaired) electrons. The van der Waals surface area contributed by atoms with Crippen LogP contribution in [0.4, 0.5) is 0 Å². The molecule has 0 aromatic rings. The van der Waals surface area contributed by atoms with E-state index in [1.54, 1.807) is 0 Å². The molecule has 0 rings (SSSR count). The fourth-order valence-electron chi connectivity index (χ4n) is 0.486. The van der Waals surface area contributed by atoms with E-state index in [1.807, 2.05) is 19.9 Å². The zero-order valence-corrected chi connectivity index (χ0v) is 7.73. The van der Waals surface area contributed by atoms with Gasteiger partial charge in [0, 0.05) is 12.3 Å². The molecule has 2 N–H and O–H groups in total. The minimum absolute atomic E-state index is 0.402. The Bertz CT molecular complexity index is 263. The summed E-state index contributed by atoms with van der Waals surface area (Å²) in [6, 6.07) is 0. The van der Waals surface area contributed by atoms with Crippen LogP contribution in [0.1, 0.15) is 13.8 Å². The van der Waals surface area contributed by atoms with Gasteiger partial charge in [0.15, 0.2) is 0 Å². The number of rotatable bonds is 4. The van der Waals surface area contributed by atoms with Crippen molar-refractivity contribution in [3.63, 3.8) is 0 Å². The molecular formula is C8H13N3O2. The molecule has 5 heteroatoms. The summed E-state index contributed by atoms with van der Waals surface area (Å²) in [6.07, 6.45) is 4.41. The molecular weight excluding hydrogens is 170 g/mol. The third-order valence-corrected chi connectivity index (χ3v) is 1.17. The molecule has 0 heterocycles. The Morgan fingerprint density at radius 3 is 2.69 bits per heavy atom. The van der Waals surface area contributed by atoms with Gasteiger partial charge in [0.2, 0.25) is 0 Å². The normalized spacial score (nSPS) is 11.7. The molecule has 0 aromatic carbocycles. The first-order valence-corrected chi connectivity index (χ1v) is 3.77. The van der Waals surface area contributed by atoms with Crippen LogP contribution in [0.2, 0.25) is 0 Å². The van der Waals surface area contributed by atoms with Crippen LogP contribution < -0.4 is 5.73 Å². The van der Waals surface area contributed by atoms with E-state index in [0.717, 1.165) is 5.57 Å². The lowest BCUT2D eigenvalue weighted by molar-refractivity contribution is -0.426. The summed E-state index contributed by atoms with van der Waals surface area (Å²) < 4.78 is 0. The summed E-state index contributed by atoms with van der Waals surface area (Å²) >= 11 is 0. The second-order valence-electron chi connectivity index (χ2n) is 2.64. The van der Waals surface area contributed by atoms with Crippen LogP contribution >= 0.6 is 0 Å². The Balaban J connectivity index is 3.95. The predicted molar refractivity (Wildman–Crippen MR) is 52.1 cm³/mol. The molecule has 0 bridgehead atoms. The lowest BCUT2D eigenvalue weighted by Crippen LogP contribution is -2.08. The van der Waals surface area contributed by atoms with Gasteiger partial charge in [-0.05, 0) is 18.8 Å². The number of allylic oxidation sites excluding steroid dienone is 2. The molecule has 72 valence electrons. The van der Waals surface area contributed by atoms with Crippen LogP contribution in [0.15, 0.2) is 28.5 Å². The Morgan fingerprint density at radius 2 is 2.23 bits per heavy atom. The van der Waals surface area contributed by atoms with Crippen molar-refractivity contribution in [1.29, 1.82) is 0 Å². The molecule has 0 fully saturated rings. The maximum absolute atomic E-state index is 10.0. The number of nitro groups is 1. The first kappa shape index (κ1) is 11.4. The summed E-state index contributed by atoms with van der Waals surface area (Å²) in [5.74, 6) is -0.402. The van der Waals surface area contributed by atoms with Crippen molar-refractivity contribution >= 4 is 6.21 Å². The molecule has 0 aliphatic heterocycles. The van der Waals surface area contributed by atoms with Gasteiger partial charge in [-0.2, -0.15) is 0 Å². The zero-order chi connectivity index (χ0) is 10.3. The quantitative estimate of drug-likeness (QED) is 0.306. The molecule has 0 aromatic heterocycles. The summed E-state index contributed by atoms with van der Waals surface area (Å²) in [5.41, 5.74) is 6.17. The van der Waals surface area contributed by atoms with Gasteiger partial charge in [0.05, 0.1) is 6.54 Å².